The Morgan fingerprint density at radius 1 is 1.00 bits per heavy atom. The van der Waals surface area contributed by atoms with Gasteiger partial charge in [-0.2, -0.15) is 0 Å². The molecule has 0 saturated heterocycles. The Morgan fingerprint density at radius 2 is 1.78 bits per heavy atom. The zero-order valence-electron chi connectivity index (χ0n) is 9.24. The molecule has 1 aliphatic heterocycles. The van der Waals surface area contributed by atoms with Crippen LogP contribution in [0.4, 0.5) is 8.78 Å². The Hall–Kier alpha value is -1.68. The number of ketones is 1. The summed E-state index contributed by atoms with van der Waals surface area (Å²) in [5.74, 6) is -1.81. The highest BCUT2D eigenvalue weighted by atomic mass is 32.2. The van der Waals surface area contributed by atoms with Crippen LogP contribution in [0.25, 0.3) is 0 Å². The van der Waals surface area contributed by atoms with Gasteiger partial charge < -0.3 is 0 Å². The summed E-state index contributed by atoms with van der Waals surface area (Å²) in [4.78, 5) is 13.1. The van der Waals surface area contributed by atoms with Crippen LogP contribution < -0.4 is 0 Å². The van der Waals surface area contributed by atoms with E-state index in [4.69, 9.17) is 0 Å². The molecule has 0 spiro atoms. The van der Waals surface area contributed by atoms with Gasteiger partial charge in [0.05, 0.1) is 0 Å². The normalized spacial score (nSPS) is 13.8. The quantitative estimate of drug-likeness (QED) is 0.718. The van der Waals surface area contributed by atoms with Crippen LogP contribution in [0.5, 0.6) is 0 Å². The highest BCUT2D eigenvalue weighted by molar-refractivity contribution is 7.98. The van der Waals surface area contributed by atoms with Crippen molar-refractivity contribution >= 4 is 17.5 Å². The van der Waals surface area contributed by atoms with Crippen LogP contribution in [-0.2, 0) is 5.75 Å². The van der Waals surface area contributed by atoms with Crippen molar-refractivity contribution in [3.8, 4) is 0 Å². The number of fused-ring (bicyclic) bond motifs is 2. The van der Waals surface area contributed by atoms with Crippen LogP contribution in [0.1, 0.15) is 21.5 Å². The summed E-state index contributed by atoms with van der Waals surface area (Å²) in [6, 6.07) is 9.48. The maximum Gasteiger partial charge on any atom is 0.194 e. The fourth-order valence-electron chi connectivity index (χ4n) is 2.02. The van der Waals surface area contributed by atoms with Crippen LogP contribution in [0.15, 0.2) is 41.3 Å². The number of benzene rings is 2. The first-order valence-corrected chi connectivity index (χ1v) is 6.40. The molecule has 0 radical (unpaired) electrons. The minimum Gasteiger partial charge on any atom is -0.289 e. The average molecular weight is 262 g/mol. The first-order chi connectivity index (χ1) is 8.68. The molecule has 0 unspecified atom stereocenters. The molecule has 0 bridgehead atoms. The van der Waals surface area contributed by atoms with Crippen LogP contribution in [0.3, 0.4) is 0 Å². The van der Waals surface area contributed by atoms with Crippen LogP contribution in [-0.4, -0.2) is 5.78 Å². The third kappa shape index (κ3) is 1.64. The average Bonchev–Trinajstić information content (AvgIpc) is 2.53. The van der Waals surface area contributed by atoms with Gasteiger partial charge in [-0.15, -0.1) is 11.8 Å². The maximum absolute atomic E-state index is 13.7. The lowest BCUT2D eigenvalue weighted by atomic mass is 9.99. The fraction of sp³-hybridized carbons (Fsp3) is 0.0714. The Labute approximate surface area is 107 Å². The van der Waals surface area contributed by atoms with Gasteiger partial charge in [0, 0.05) is 27.3 Å². The number of thioether (sulfide) groups is 1. The van der Waals surface area contributed by atoms with Gasteiger partial charge in [0.1, 0.15) is 0 Å². The molecule has 90 valence electrons. The number of halogens is 2. The van der Waals surface area contributed by atoms with Crippen molar-refractivity contribution in [1.29, 1.82) is 0 Å². The molecule has 0 aromatic heterocycles. The number of hydrogen-bond donors (Lipinski definition) is 0. The zero-order valence-corrected chi connectivity index (χ0v) is 10.1. The lowest BCUT2D eigenvalue weighted by Gasteiger charge is -2.05. The summed E-state index contributed by atoms with van der Waals surface area (Å²) >= 11 is 1.35. The molecule has 2 aromatic rings. The molecule has 1 nitrogen and oxygen atoms in total. The summed E-state index contributed by atoms with van der Waals surface area (Å²) in [5.41, 5.74) is 0.958. The van der Waals surface area contributed by atoms with Crippen molar-refractivity contribution in [3.05, 3.63) is 64.7 Å². The van der Waals surface area contributed by atoms with Gasteiger partial charge >= 0.3 is 0 Å². The first-order valence-electron chi connectivity index (χ1n) is 5.42. The molecule has 0 fully saturated rings. The summed E-state index contributed by atoms with van der Waals surface area (Å²) in [6.45, 7) is 0. The number of rotatable bonds is 0. The van der Waals surface area contributed by atoms with E-state index in [1.165, 1.54) is 17.8 Å². The number of carbonyl (C=O) groups excluding carboxylic acids is 1. The Kier molecular flexibility index (Phi) is 2.67. The van der Waals surface area contributed by atoms with E-state index in [1.54, 1.807) is 12.1 Å². The minimum absolute atomic E-state index is 0.154. The largest absolute Gasteiger partial charge is 0.289 e. The Balaban J connectivity index is 2.24. The van der Waals surface area contributed by atoms with Gasteiger partial charge in [-0.3, -0.25) is 4.79 Å². The van der Waals surface area contributed by atoms with E-state index >= 15 is 0 Å². The predicted octanol–water partition coefficient (Wildman–Crippen LogP) is 3.80. The smallest absolute Gasteiger partial charge is 0.194 e. The third-order valence-electron chi connectivity index (χ3n) is 2.94. The van der Waals surface area contributed by atoms with Crippen LogP contribution in [0, 0.1) is 11.6 Å². The third-order valence-corrected chi connectivity index (χ3v) is 4.04. The summed E-state index contributed by atoms with van der Waals surface area (Å²) in [7, 11) is 0. The molecule has 3 rings (SSSR count). The van der Waals surface area contributed by atoms with Crippen molar-refractivity contribution in [3.63, 3.8) is 0 Å². The molecule has 18 heavy (non-hydrogen) atoms. The zero-order chi connectivity index (χ0) is 12.7. The lowest BCUT2D eigenvalue weighted by Crippen LogP contribution is -2.06. The molecule has 0 amide bonds. The molecular weight excluding hydrogens is 254 g/mol. The van der Waals surface area contributed by atoms with Crippen LogP contribution >= 0.6 is 11.8 Å². The fourth-order valence-corrected chi connectivity index (χ4v) is 3.09. The van der Waals surface area contributed by atoms with E-state index in [1.807, 2.05) is 12.1 Å². The standard InChI is InChI=1S/C14H8F2OS/c15-11-6-5-8-10(13(11)16)7-18-12-4-2-1-3-9(12)14(8)17/h1-6H,7H2. The van der Waals surface area contributed by atoms with Crippen molar-refractivity contribution in [2.45, 2.75) is 10.6 Å². The molecule has 2 aromatic carbocycles. The first kappa shape index (κ1) is 11.4. The van der Waals surface area contributed by atoms with Crippen molar-refractivity contribution < 1.29 is 13.6 Å². The monoisotopic (exact) mass is 262 g/mol. The summed E-state index contributed by atoms with van der Waals surface area (Å²) < 4.78 is 26.9. The van der Waals surface area contributed by atoms with E-state index in [0.29, 0.717) is 5.56 Å². The predicted molar refractivity (Wildman–Crippen MR) is 65.8 cm³/mol. The van der Waals surface area contributed by atoms with Gasteiger partial charge in [0.25, 0.3) is 0 Å². The topological polar surface area (TPSA) is 17.1 Å². The van der Waals surface area contributed by atoms with Gasteiger partial charge in [-0.1, -0.05) is 12.1 Å². The highest BCUT2D eigenvalue weighted by Gasteiger charge is 2.24. The van der Waals surface area contributed by atoms with Crippen molar-refractivity contribution in [1.82, 2.24) is 0 Å². The number of carbonyl (C=O) groups is 1. The SMILES string of the molecule is O=C1c2ccccc2SCc2c1ccc(F)c2F. The van der Waals surface area contributed by atoms with E-state index < -0.39 is 11.6 Å². The van der Waals surface area contributed by atoms with E-state index in [-0.39, 0.29) is 22.7 Å². The minimum atomic E-state index is -0.916. The van der Waals surface area contributed by atoms with Gasteiger partial charge in [0.15, 0.2) is 17.4 Å². The second-order valence-corrected chi connectivity index (χ2v) is 5.02. The van der Waals surface area contributed by atoms with E-state index in [9.17, 15) is 13.6 Å². The molecule has 0 saturated carbocycles. The molecule has 0 N–H and O–H groups in total. The highest BCUT2D eigenvalue weighted by Crippen LogP contribution is 2.35. The second kappa shape index (κ2) is 4.21. The molecule has 1 aliphatic rings. The molecule has 0 aliphatic carbocycles. The Bertz CT molecular complexity index is 652. The van der Waals surface area contributed by atoms with Gasteiger partial charge in [0.2, 0.25) is 0 Å². The molecule has 4 heteroatoms. The van der Waals surface area contributed by atoms with E-state index in [0.717, 1.165) is 11.0 Å². The molecule has 0 atom stereocenters. The van der Waals surface area contributed by atoms with Crippen molar-refractivity contribution in [2.24, 2.45) is 0 Å². The van der Waals surface area contributed by atoms with Gasteiger partial charge in [-0.25, -0.2) is 8.78 Å². The molecular formula is C14H8F2OS. The van der Waals surface area contributed by atoms with E-state index in [2.05, 4.69) is 0 Å². The summed E-state index contributed by atoms with van der Waals surface area (Å²) in [5, 5.41) is 0. The molecule has 1 heterocycles. The van der Waals surface area contributed by atoms with Crippen LogP contribution in [0.2, 0.25) is 0 Å². The van der Waals surface area contributed by atoms with Gasteiger partial charge in [-0.05, 0) is 24.3 Å². The Morgan fingerprint density at radius 3 is 2.61 bits per heavy atom. The number of hydrogen-bond acceptors (Lipinski definition) is 2. The van der Waals surface area contributed by atoms with Crippen molar-refractivity contribution in [2.75, 3.05) is 0 Å². The maximum atomic E-state index is 13.7. The second-order valence-electron chi connectivity index (χ2n) is 4.00. The summed E-state index contributed by atoms with van der Waals surface area (Å²) in [6.07, 6.45) is 0. The lowest BCUT2D eigenvalue weighted by molar-refractivity contribution is 0.103.